The molecule has 1 aromatic rings. The van der Waals surface area contributed by atoms with Crippen LogP contribution in [0.4, 0.5) is 4.39 Å². The molecule has 3 heteroatoms. The average molecular weight is 328 g/mol. The van der Waals surface area contributed by atoms with E-state index >= 15 is 0 Å². The van der Waals surface area contributed by atoms with Crippen LogP contribution in [0, 0.1) is 23.6 Å². The quantitative estimate of drug-likeness (QED) is 0.830. The zero-order chi connectivity index (χ0) is 14.0. The molecule has 1 aromatic carbocycles. The van der Waals surface area contributed by atoms with Crippen molar-refractivity contribution in [3.05, 3.63) is 34.1 Å². The topological polar surface area (TPSA) is 12.0 Å². The van der Waals surface area contributed by atoms with Crippen LogP contribution in [0.1, 0.15) is 44.7 Å². The van der Waals surface area contributed by atoms with E-state index in [1.807, 2.05) is 13.1 Å². The van der Waals surface area contributed by atoms with Gasteiger partial charge in [-0.25, -0.2) is 4.39 Å². The molecule has 0 radical (unpaired) electrons. The number of nitrogens with one attached hydrogen (secondary N) is 1. The lowest BCUT2D eigenvalue weighted by atomic mass is 9.72. The normalized spacial score (nSPS) is 29.2. The summed E-state index contributed by atoms with van der Waals surface area (Å²) in [5.74, 6) is 1.86. The molecule has 1 fully saturated rings. The van der Waals surface area contributed by atoms with Crippen molar-refractivity contribution in [1.82, 2.24) is 5.32 Å². The first-order valence-corrected chi connectivity index (χ1v) is 7.93. The van der Waals surface area contributed by atoms with Crippen molar-refractivity contribution in [3.63, 3.8) is 0 Å². The minimum absolute atomic E-state index is 0.0979. The lowest BCUT2D eigenvalue weighted by Gasteiger charge is -2.37. The lowest BCUT2D eigenvalue weighted by Crippen LogP contribution is -2.32. The summed E-state index contributed by atoms with van der Waals surface area (Å²) >= 11 is 3.51. The molecule has 3 atom stereocenters. The van der Waals surface area contributed by atoms with Crippen LogP contribution >= 0.6 is 15.9 Å². The average Bonchev–Trinajstić information content (AvgIpc) is 2.32. The second-order valence-electron chi connectivity index (χ2n) is 6.08. The molecule has 1 nitrogen and oxygen atoms in total. The summed E-state index contributed by atoms with van der Waals surface area (Å²) in [6.07, 6.45) is 3.65. The monoisotopic (exact) mass is 327 g/mol. The summed E-state index contributed by atoms with van der Waals surface area (Å²) in [7, 11) is 1.94. The zero-order valence-corrected chi connectivity index (χ0v) is 13.5. The van der Waals surface area contributed by atoms with Gasteiger partial charge in [-0.2, -0.15) is 0 Å². The van der Waals surface area contributed by atoms with Gasteiger partial charge in [0, 0.05) is 16.1 Å². The first-order valence-electron chi connectivity index (χ1n) is 7.14. The maximum atomic E-state index is 14.2. The maximum absolute atomic E-state index is 14.2. The summed E-state index contributed by atoms with van der Waals surface area (Å²) in [6, 6.07) is 5.33. The molecule has 0 heterocycles. The maximum Gasteiger partial charge on any atom is 0.129 e. The number of hydrogen-bond acceptors (Lipinski definition) is 1. The SMILES string of the molecule is CNC(c1c(F)cccc1Br)C1CC(C)CC(C)C1. The van der Waals surface area contributed by atoms with Crippen molar-refractivity contribution in [2.75, 3.05) is 7.05 Å². The molecule has 1 aliphatic carbocycles. The van der Waals surface area contributed by atoms with Crippen LogP contribution in [0.2, 0.25) is 0 Å². The Labute approximate surface area is 124 Å². The Bertz CT molecular complexity index is 405. The van der Waals surface area contributed by atoms with Gasteiger partial charge < -0.3 is 5.32 Å². The zero-order valence-electron chi connectivity index (χ0n) is 11.9. The molecule has 1 saturated carbocycles. The molecule has 0 bridgehead atoms. The molecule has 106 valence electrons. The van der Waals surface area contributed by atoms with Crippen molar-refractivity contribution in [2.45, 2.75) is 39.2 Å². The first-order chi connectivity index (χ1) is 9.02. The highest BCUT2D eigenvalue weighted by Gasteiger charge is 2.32. The highest BCUT2D eigenvalue weighted by molar-refractivity contribution is 9.10. The molecule has 0 aromatic heterocycles. The van der Waals surface area contributed by atoms with E-state index < -0.39 is 0 Å². The Kier molecular flexibility index (Phi) is 5.02. The van der Waals surface area contributed by atoms with Crippen LogP contribution in [0.15, 0.2) is 22.7 Å². The fraction of sp³-hybridized carbons (Fsp3) is 0.625. The van der Waals surface area contributed by atoms with Crippen LogP contribution in [0.5, 0.6) is 0 Å². The Morgan fingerprint density at radius 2 is 1.84 bits per heavy atom. The summed E-state index contributed by atoms with van der Waals surface area (Å²) in [4.78, 5) is 0. The fourth-order valence-electron chi connectivity index (χ4n) is 3.70. The fourth-order valence-corrected chi connectivity index (χ4v) is 4.29. The standard InChI is InChI=1S/C16H23BrFN/c1-10-7-11(2)9-12(8-10)16(19-3)15-13(17)5-4-6-14(15)18/h4-6,10-12,16,19H,7-9H2,1-3H3. The number of rotatable bonds is 3. The minimum atomic E-state index is -0.111. The van der Waals surface area contributed by atoms with Gasteiger partial charge in [0.15, 0.2) is 0 Å². The molecule has 0 spiro atoms. The van der Waals surface area contributed by atoms with Crippen LogP contribution in [-0.2, 0) is 0 Å². The molecule has 2 rings (SSSR count). The van der Waals surface area contributed by atoms with Crippen LogP contribution in [0.25, 0.3) is 0 Å². The van der Waals surface area contributed by atoms with E-state index in [1.165, 1.54) is 19.3 Å². The largest absolute Gasteiger partial charge is 0.313 e. The van der Waals surface area contributed by atoms with E-state index in [-0.39, 0.29) is 11.9 Å². The summed E-state index contributed by atoms with van der Waals surface area (Å²) < 4.78 is 15.0. The molecule has 19 heavy (non-hydrogen) atoms. The van der Waals surface area contributed by atoms with Crippen LogP contribution in [0.3, 0.4) is 0 Å². The van der Waals surface area contributed by atoms with Gasteiger partial charge in [-0.3, -0.25) is 0 Å². The van der Waals surface area contributed by atoms with Gasteiger partial charge in [0.2, 0.25) is 0 Å². The second-order valence-corrected chi connectivity index (χ2v) is 6.93. The Balaban J connectivity index is 2.29. The van der Waals surface area contributed by atoms with E-state index in [9.17, 15) is 4.39 Å². The molecule has 1 N–H and O–H groups in total. The van der Waals surface area contributed by atoms with Gasteiger partial charge in [0.25, 0.3) is 0 Å². The van der Waals surface area contributed by atoms with Gasteiger partial charge in [0.1, 0.15) is 5.82 Å². The van der Waals surface area contributed by atoms with Gasteiger partial charge >= 0.3 is 0 Å². The van der Waals surface area contributed by atoms with E-state index in [1.54, 1.807) is 12.1 Å². The predicted molar refractivity (Wildman–Crippen MR) is 81.6 cm³/mol. The third kappa shape index (κ3) is 3.38. The van der Waals surface area contributed by atoms with Crippen LogP contribution < -0.4 is 5.32 Å². The predicted octanol–water partition coefficient (Wildman–Crippen LogP) is 4.92. The van der Waals surface area contributed by atoms with E-state index in [4.69, 9.17) is 0 Å². The molecule has 3 unspecified atom stereocenters. The molecule has 0 amide bonds. The van der Waals surface area contributed by atoms with Crippen LogP contribution in [-0.4, -0.2) is 7.05 Å². The molecular formula is C16H23BrFN. The first kappa shape index (κ1) is 15.0. The molecule has 0 saturated heterocycles. The third-order valence-electron chi connectivity index (χ3n) is 4.31. The Hall–Kier alpha value is -0.410. The molecule has 1 aliphatic rings. The van der Waals surface area contributed by atoms with Gasteiger partial charge in [-0.05, 0) is 56.2 Å². The Morgan fingerprint density at radius 1 is 1.21 bits per heavy atom. The van der Waals surface area contributed by atoms with Crippen molar-refractivity contribution < 1.29 is 4.39 Å². The van der Waals surface area contributed by atoms with Gasteiger partial charge in [0.05, 0.1) is 0 Å². The van der Waals surface area contributed by atoms with Gasteiger partial charge in [-0.1, -0.05) is 35.8 Å². The summed E-state index contributed by atoms with van der Waals surface area (Å²) in [5.41, 5.74) is 0.788. The van der Waals surface area contributed by atoms with Crippen molar-refractivity contribution in [2.24, 2.45) is 17.8 Å². The minimum Gasteiger partial charge on any atom is -0.313 e. The third-order valence-corrected chi connectivity index (χ3v) is 5.00. The smallest absolute Gasteiger partial charge is 0.129 e. The number of halogens is 2. The van der Waals surface area contributed by atoms with Crippen molar-refractivity contribution >= 4 is 15.9 Å². The number of benzene rings is 1. The number of hydrogen-bond donors (Lipinski definition) is 1. The molecule has 0 aliphatic heterocycles. The summed E-state index contributed by atoms with van der Waals surface area (Å²) in [5, 5.41) is 3.34. The van der Waals surface area contributed by atoms with Crippen molar-refractivity contribution in [3.8, 4) is 0 Å². The van der Waals surface area contributed by atoms with E-state index in [2.05, 4.69) is 35.1 Å². The lowest BCUT2D eigenvalue weighted by molar-refractivity contribution is 0.178. The highest BCUT2D eigenvalue weighted by Crippen LogP contribution is 2.41. The van der Waals surface area contributed by atoms with Gasteiger partial charge in [-0.15, -0.1) is 0 Å². The highest BCUT2D eigenvalue weighted by atomic mass is 79.9. The second kappa shape index (κ2) is 6.36. The van der Waals surface area contributed by atoms with E-state index in [0.717, 1.165) is 21.9 Å². The van der Waals surface area contributed by atoms with E-state index in [0.29, 0.717) is 5.92 Å². The summed E-state index contributed by atoms with van der Waals surface area (Å²) in [6.45, 7) is 4.62. The molecular weight excluding hydrogens is 305 g/mol. The Morgan fingerprint density at radius 3 is 2.37 bits per heavy atom. The van der Waals surface area contributed by atoms with Crippen molar-refractivity contribution in [1.29, 1.82) is 0 Å².